The van der Waals surface area contributed by atoms with Gasteiger partial charge in [-0.3, -0.25) is 0 Å². The Hall–Kier alpha value is -0.990. The quantitative estimate of drug-likeness (QED) is 0.674. The van der Waals surface area contributed by atoms with Gasteiger partial charge in [0.25, 0.3) is 0 Å². The fourth-order valence-electron chi connectivity index (χ4n) is 1.53. The first-order chi connectivity index (χ1) is 6.65. The van der Waals surface area contributed by atoms with Gasteiger partial charge in [0.05, 0.1) is 0 Å². The summed E-state index contributed by atoms with van der Waals surface area (Å²) >= 11 is 0. The third-order valence-electron chi connectivity index (χ3n) is 2.73. The maximum absolute atomic E-state index is 11.6. The van der Waals surface area contributed by atoms with Crippen molar-refractivity contribution >= 4 is 6.03 Å². The molecule has 0 unspecified atom stereocenters. The van der Waals surface area contributed by atoms with Crippen LogP contribution in [-0.4, -0.2) is 30.6 Å². The number of nitrogens with zero attached hydrogens (tertiary/aromatic N) is 1. The van der Waals surface area contributed by atoms with Crippen LogP contribution < -0.4 is 5.32 Å². The summed E-state index contributed by atoms with van der Waals surface area (Å²) in [6.45, 7) is 8.74. The van der Waals surface area contributed by atoms with Gasteiger partial charge in [-0.15, -0.1) is 0 Å². The molecular weight excluding hydrogens is 176 g/mol. The molecule has 0 radical (unpaired) electrons. The predicted molar refractivity (Wildman–Crippen MR) is 58.3 cm³/mol. The summed E-state index contributed by atoms with van der Waals surface area (Å²) in [5.74, 6) is 0. The number of hydrogen-bond donors (Lipinski definition) is 1. The lowest BCUT2D eigenvalue weighted by molar-refractivity contribution is 0.200. The second-order valence-corrected chi connectivity index (χ2v) is 3.96. The summed E-state index contributed by atoms with van der Waals surface area (Å²) in [5, 5.41) is 2.90. The second-order valence-electron chi connectivity index (χ2n) is 3.96. The summed E-state index contributed by atoms with van der Waals surface area (Å²) in [6, 6.07) is 0.0821. The van der Waals surface area contributed by atoms with Crippen molar-refractivity contribution in [3.05, 3.63) is 11.1 Å². The molecule has 1 heterocycles. The van der Waals surface area contributed by atoms with E-state index >= 15 is 0 Å². The van der Waals surface area contributed by atoms with Gasteiger partial charge < -0.3 is 10.2 Å². The zero-order valence-electron chi connectivity index (χ0n) is 9.39. The summed E-state index contributed by atoms with van der Waals surface area (Å²) in [4.78, 5) is 13.5. The number of nitrogens with one attached hydrogen (secondary N) is 1. The third-order valence-corrected chi connectivity index (χ3v) is 2.73. The minimum Gasteiger partial charge on any atom is -0.338 e. The van der Waals surface area contributed by atoms with Crippen LogP contribution in [0.25, 0.3) is 0 Å². The highest BCUT2D eigenvalue weighted by Gasteiger charge is 2.17. The number of hydrogen-bond acceptors (Lipinski definition) is 1. The van der Waals surface area contributed by atoms with Gasteiger partial charge in [0.1, 0.15) is 0 Å². The van der Waals surface area contributed by atoms with E-state index in [9.17, 15) is 4.79 Å². The molecule has 0 aromatic rings. The van der Waals surface area contributed by atoms with Crippen LogP contribution in [0.15, 0.2) is 11.1 Å². The first kappa shape index (κ1) is 11.1. The minimum absolute atomic E-state index is 0.0821. The SMILES string of the molecule is CCCNC(=O)N1CCC(C)=C(C)C1. The van der Waals surface area contributed by atoms with Gasteiger partial charge in [0.2, 0.25) is 0 Å². The van der Waals surface area contributed by atoms with E-state index in [2.05, 4.69) is 26.1 Å². The van der Waals surface area contributed by atoms with Gasteiger partial charge in [-0.1, -0.05) is 18.1 Å². The molecule has 0 bridgehead atoms. The van der Waals surface area contributed by atoms with Crippen LogP contribution in [0.4, 0.5) is 4.79 Å². The molecule has 0 atom stereocenters. The van der Waals surface area contributed by atoms with Gasteiger partial charge in [-0.25, -0.2) is 4.79 Å². The summed E-state index contributed by atoms with van der Waals surface area (Å²) in [5.41, 5.74) is 2.77. The van der Waals surface area contributed by atoms with E-state index in [1.165, 1.54) is 11.1 Å². The van der Waals surface area contributed by atoms with Crippen molar-refractivity contribution in [1.29, 1.82) is 0 Å². The molecule has 2 amide bonds. The second kappa shape index (κ2) is 5.03. The highest BCUT2D eigenvalue weighted by molar-refractivity contribution is 5.74. The molecule has 3 nitrogen and oxygen atoms in total. The minimum atomic E-state index is 0.0821. The van der Waals surface area contributed by atoms with E-state index < -0.39 is 0 Å². The Bertz CT molecular complexity index is 246. The Morgan fingerprint density at radius 2 is 2.14 bits per heavy atom. The molecule has 0 spiro atoms. The molecule has 0 aromatic heterocycles. The number of carbonyl (C=O) groups excluding carboxylic acids is 1. The number of urea groups is 1. The average molecular weight is 196 g/mol. The Labute approximate surface area is 86.2 Å². The first-order valence-electron chi connectivity index (χ1n) is 5.33. The van der Waals surface area contributed by atoms with E-state index in [1.54, 1.807) is 0 Å². The van der Waals surface area contributed by atoms with Crippen molar-refractivity contribution in [2.75, 3.05) is 19.6 Å². The Balaban J connectivity index is 2.44. The Kier molecular flexibility index (Phi) is 3.98. The van der Waals surface area contributed by atoms with Crippen molar-refractivity contribution in [3.63, 3.8) is 0 Å². The molecule has 0 fully saturated rings. The van der Waals surface area contributed by atoms with Gasteiger partial charge >= 0.3 is 6.03 Å². The normalized spacial score (nSPS) is 17.2. The molecule has 1 aliphatic heterocycles. The summed E-state index contributed by atoms with van der Waals surface area (Å²) < 4.78 is 0. The molecule has 0 aliphatic carbocycles. The monoisotopic (exact) mass is 196 g/mol. The zero-order chi connectivity index (χ0) is 10.6. The van der Waals surface area contributed by atoms with Gasteiger partial charge in [-0.05, 0) is 26.7 Å². The lowest BCUT2D eigenvalue weighted by atomic mass is 10.0. The lowest BCUT2D eigenvalue weighted by Gasteiger charge is -2.28. The molecule has 1 aliphatic rings. The summed E-state index contributed by atoms with van der Waals surface area (Å²) in [6.07, 6.45) is 2.01. The highest BCUT2D eigenvalue weighted by atomic mass is 16.2. The maximum atomic E-state index is 11.6. The Morgan fingerprint density at radius 1 is 1.43 bits per heavy atom. The van der Waals surface area contributed by atoms with Crippen molar-refractivity contribution in [2.24, 2.45) is 0 Å². The average Bonchev–Trinajstić information content (AvgIpc) is 2.18. The van der Waals surface area contributed by atoms with Crippen molar-refractivity contribution in [1.82, 2.24) is 10.2 Å². The van der Waals surface area contributed by atoms with Gasteiger partial charge in [0, 0.05) is 19.6 Å². The Morgan fingerprint density at radius 3 is 2.71 bits per heavy atom. The molecular formula is C11H20N2O. The molecule has 1 N–H and O–H groups in total. The molecule has 1 rings (SSSR count). The van der Waals surface area contributed by atoms with E-state index in [0.717, 1.165) is 32.5 Å². The predicted octanol–water partition coefficient (Wildman–Crippen LogP) is 2.15. The van der Waals surface area contributed by atoms with Gasteiger partial charge in [0.15, 0.2) is 0 Å². The fourth-order valence-corrected chi connectivity index (χ4v) is 1.53. The maximum Gasteiger partial charge on any atom is 0.317 e. The lowest BCUT2D eigenvalue weighted by Crippen LogP contribution is -2.43. The topological polar surface area (TPSA) is 32.3 Å². The van der Waals surface area contributed by atoms with Crippen LogP contribution in [0.5, 0.6) is 0 Å². The van der Waals surface area contributed by atoms with Crippen LogP contribution in [-0.2, 0) is 0 Å². The zero-order valence-corrected chi connectivity index (χ0v) is 9.39. The van der Waals surface area contributed by atoms with Crippen molar-refractivity contribution in [3.8, 4) is 0 Å². The molecule has 14 heavy (non-hydrogen) atoms. The van der Waals surface area contributed by atoms with Crippen LogP contribution in [0.1, 0.15) is 33.6 Å². The number of rotatable bonds is 2. The van der Waals surface area contributed by atoms with Crippen molar-refractivity contribution < 1.29 is 4.79 Å². The van der Waals surface area contributed by atoms with Crippen LogP contribution in [0.2, 0.25) is 0 Å². The first-order valence-corrected chi connectivity index (χ1v) is 5.33. The van der Waals surface area contributed by atoms with Crippen LogP contribution >= 0.6 is 0 Å². The molecule has 0 saturated carbocycles. The van der Waals surface area contributed by atoms with E-state index in [-0.39, 0.29) is 6.03 Å². The van der Waals surface area contributed by atoms with Crippen LogP contribution in [0, 0.1) is 0 Å². The third kappa shape index (κ3) is 2.76. The molecule has 80 valence electrons. The largest absolute Gasteiger partial charge is 0.338 e. The number of amides is 2. The highest BCUT2D eigenvalue weighted by Crippen LogP contribution is 2.16. The molecule has 3 heteroatoms. The van der Waals surface area contributed by atoms with Gasteiger partial charge in [-0.2, -0.15) is 0 Å². The standard InChI is InChI=1S/C11H20N2O/c1-4-6-12-11(14)13-7-5-9(2)10(3)8-13/h4-8H2,1-3H3,(H,12,14). The summed E-state index contributed by atoms with van der Waals surface area (Å²) in [7, 11) is 0. The van der Waals surface area contributed by atoms with Crippen LogP contribution in [0.3, 0.4) is 0 Å². The van der Waals surface area contributed by atoms with E-state index in [1.807, 2.05) is 4.90 Å². The molecule has 0 aromatic carbocycles. The number of carbonyl (C=O) groups is 1. The van der Waals surface area contributed by atoms with E-state index in [0.29, 0.717) is 0 Å². The van der Waals surface area contributed by atoms with Crippen molar-refractivity contribution in [2.45, 2.75) is 33.6 Å². The molecule has 0 saturated heterocycles. The smallest absolute Gasteiger partial charge is 0.317 e. The van der Waals surface area contributed by atoms with E-state index in [4.69, 9.17) is 0 Å². The fraction of sp³-hybridized carbons (Fsp3) is 0.727.